The van der Waals surface area contributed by atoms with Crippen LogP contribution in [0.2, 0.25) is 0 Å². The zero-order valence-electron chi connectivity index (χ0n) is 10.1. The van der Waals surface area contributed by atoms with Crippen LogP contribution in [0.15, 0.2) is 24.3 Å². The lowest BCUT2D eigenvalue weighted by Crippen LogP contribution is -2.35. The summed E-state index contributed by atoms with van der Waals surface area (Å²) in [6, 6.07) is 7.60. The number of anilines is 1. The lowest BCUT2D eigenvalue weighted by atomic mass is 10.2. The minimum Gasteiger partial charge on any atom is -0.497 e. The first-order valence-electron chi connectivity index (χ1n) is 5.61. The molecule has 1 atom stereocenters. The summed E-state index contributed by atoms with van der Waals surface area (Å²) in [6.07, 6.45) is 0. The summed E-state index contributed by atoms with van der Waals surface area (Å²) in [5.74, 6) is 0.792. The summed E-state index contributed by atoms with van der Waals surface area (Å²) >= 11 is 0. The highest BCUT2D eigenvalue weighted by Gasteiger charge is 2.28. The molecule has 0 aliphatic carbocycles. The Balaban J connectivity index is 2.08. The highest BCUT2D eigenvalue weighted by atomic mass is 16.5. The van der Waals surface area contributed by atoms with Gasteiger partial charge in [0, 0.05) is 18.8 Å². The van der Waals surface area contributed by atoms with Crippen molar-refractivity contribution in [2.75, 3.05) is 32.1 Å². The first kappa shape index (κ1) is 11.7. The molecule has 1 aliphatic rings. The Labute approximate surface area is 101 Å². The van der Waals surface area contributed by atoms with E-state index in [1.807, 2.05) is 31.3 Å². The van der Waals surface area contributed by atoms with Gasteiger partial charge in [-0.1, -0.05) is 0 Å². The minimum absolute atomic E-state index is 0.0459. The molecular weight excluding hydrogens is 218 g/mol. The molecule has 1 aromatic rings. The molecule has 92 valence electrons. The fourth-order valence-electron chi connectivity index (χ4n) is 1.95. The van der Waals surface area contributed by atoms with Crippen LogP contribution in [0.4, 0.5) is 10.5 Å². The van der Waals surface area contributed by atoms with E-state index in [0.29, 0.717) is 6.54 Å². The largest absolute Gasteiger partial charge is 0.497 e. The fraction of sp³-hybridized carbons (Fsp3) is 0.417. The number of ether oxygens (including phenoxy) is 1. The summed E-state index contributed by atoms with van der Waals surface area (Å²) in [7, 11) is 3.50. The van der Waals surface area contributed by atoms with Crippen LogP contribution in [0.3, 0.4) is 0 Å². The van der Waals surface area contributed by atoms with Crippen molar-refractivity contribution in [3.63, 3.8) is 0 Å². The lowest BCUT2D eigenvalue weighted by molar-refractivity contribution is 0.251. The number of nitrogens with zero attached hydrogens (tertiary/aromatic N) is 1. The lowest BCUT2D eigenvalue weighted by Gasteiger charge is -2.15. The first-order valence-corrected chi connectivity index (χ1v) is 5.61. The van der Waals surface area contributed by atoms with E-state index in [2.05, 4.69) is 10.6 Å². The van der Waals surface area contributed by atoms with Gasteiger partial charge in [-0.25, -0.2) is 4.79 Å². The van der Waals surface area contributed by atoms with Gasteiger partial charge in [0.25, 0.3) is 0 Å². The van der Waals surface area contributed by atoms with Crippen molar-refractivity contribution in [3.05, 3.63) is 24.3 Å². The number of methoxy groups -OCH3 is 1. The Hall–Kier alpha value is -1.75. The monoisotopic (exact) mass is 235 g/mol. The third-order valence-electron chi connectivity index (χ3n) is 2.81. The van der Waals surface area contributed by atoms with Crippen molar-refractivity contribution >= 4 is 11.7 Å². The highest BCUT2D eigenvalue weighted by Crippen LogP contribution is 2.21. The second kappa shape index (κ2) is 5.05. The van der Waals surface area contributed by atoms with Crippen LogP contribution in [0.5, 0.6) is 5.75 Å². The molecular formula is C12H17N3O2. The van der Waals surface area contributed by atoms with E-state index >= 15 is 0 Å². The Kier molecular flexibility index (Phi) is 3.49. The van der Waals surface area contributed by atoms with Crippen molar-refractivity contribution in [2.45, 2.75) is 6.04 Å². The molecule has 5 heteroatoms. The Morgan fingerprint density at radius 3 is 2.76 bits per heavy atom. The van der Waals surface area contributed by atoms with Crippen LogP contribution in [0.1, 0.15) is 0 Å². The van der Waals surface area contributed by atoms with Gasteiger partial charge in [0.05, 0.1) is 13.2 Å². The minimum atomic E-state index is -0.0459. The van der Waals surface area contributed by atoms with Crippen LogP contribution in [-0.2, 0) is 0 Å². The molecule has 17 heavy (non-hydrogen) atoms. The van der Waals surface area contributed by atoms with Crippen LogP contribution in [-0.4, -0.2) is 39.3 Å². The van der Waals surface area contributed by atoms with Crippen LogP contribution < -0.4 is 20.3 Å². The van der Waals surface area contributed by atoms with E-state index in [4.69, 9.17) is 4.74 Å². The molecule has 0 radical (unpaired) electrons. The summed E-state index contributed by atoms with van der Waals surface area (Å²) < 4.78 is 5.09. The summed E-state index contributed by atoms with van der Waals surface area (Å²) in [5.41, 5.74) is 0.891. The maximum absolute atomic E-state index is 11.8. The Morgan fingerprint density at radius 1 is 1.47 bits per heavy atom. The third-order valence-corrected chi connectivity index (χ3v) is 2.81. The number of rotatable bonds is 4. The van der Waals surface area contributed by atoms with Crippen molar-refractivity contribution in [1.82, 2.24) is 10.6 Å². The molecule has 0 spiro atoms. The normalized spacial score (nSPS) is 19.3. The fourth-order valence-corrected chi connectivity index (χ4v) is 1.95. The molecule has 1 aromatic carbocycles. The predicted octanol–water partition coefficient (Wildman–Crippen LogP) is 0.813. The third kappa shape index (κ3) is 2.50. The second-order valence-corrected chi connectivity index (χ2v) is 4.01. The first-order chi connectivity index (χ1) is 8.24. The number of benzene rings is 1. The topological polar surface area (TPSA) is 53.6 Å². The number of amides is 2. The zero-order valence-corrected chi connectivity index (χ0v) is 10.1. The molecule has 1 heterocycles. The van der Waals surface area contributed by atoms with Gasteiger partial charge >= 0.3 is 6.03 Å². The SMILES string of the molecule is CNCC1CN(c2ccc(OC)cc2)C(=O)N1. The van der Waals surface area contributed by atoms with Crippen molar-refractivity contribution < 1.29 is 9.53 Å². The van der Waals surface area contributed by atoms with Gasteiger partial charge in [-0.3, -0.25) is 4.90 Å². The quantitative estimate of drug-likeness (QED) is 0.812. The number of hydrogen-bond acceptors (Lipinski definition) is 3. The molecule has 2 N–H and O–H groups in total. The molecule has 2 amide bonds. The number of nitrogens with one attached hydrogen (secondary N) is 2. The summed E-state index contributed by atoms with van der Waals surface area (Å²) in [4.78, 5) is 13.5. The number of carbonyl (C=O) groups excluding carboxylic acids is 1. The number of urea groups is 1. The molecule has 2 rings (SSSR count). The van der Waals surface area contributed by atoms with Crippen molar-refractivity contribution in [2.24, 2.45) is 0 Å². The molecule has 0 bridgehead atoms. The van der Waals surface area contributed by atoms with Gasteiger partial charge in [-0.15, -0.1) is 0 Å². The van der Waals surface area contributed by atoms with Crippen molar-refractivity contribution in [3.8, 4) is 5.75 Å². The van der Waals surface area contributed by atoms with E-state index < -0.39 is 0 Å². The zero-order chi connectivity index (χ0) is 12.3. The molecule has 1 aliphatic heterocycles. The van der Waals surface area contributed by atoms with Gasteiger partial charge < -0.3 is 15.4 Å². The van der Waals surface area contributed by atoms with Crippen molar-refractivity contribution in [1.29, 1.82) is 0 Å². The molecule has 1 saturated heterocycles. The molecule has 1 fully saturated rings. The van der Waals surface area contributed by atoms with E-state index in [-0.39, 0.29) is 12.1 Å². The Bertz CT molecular complexity index is 391. The van der Waals surface area contributed by atoms with Gasteiger partial charge in [0.15, 0.2) is 0 Å². The van der Waals surface area contributed by atoms with Crippen LogP contribution in [0, 0.1) is 0 Å². The molecule has 1 unspecified atom stereocenters. The number of hydrogen-bond donors (Lipinski definition) is 2. The van der Waals surface area contributed by atoms with E-state index in [0.717, 1.165) is 18.0 Å². The van der Waals surface area contributed by atoms with Crippen LogP contribution in [0.25, 0.3) is 0 Å². The number of carbonyl (C=O) groups is 1. The standard InChI is InChI=1S/C12H17N3O2/c1-13-7-9-8-15(12(16)14-9)10-3-5-11(17-2)6-4-10/h3-6,9,13H,7-8H2,1-2H3,(H,14,16). The summed E-state index contributed by atoms with van der Waals surface area (Å²) in [6.45, 7) is 1.46. The maximum Gasteiger partial charge on any atom is 0.322 e. The van der Waals surface area contributed by atoms with Gasteiger partial charge in [0.2, 0.25) is 0 Å². The van der Waals surface area contributed by atoms with E-state index in [1.165, 1.54) is 0 Å². The average molecular weight is 235 g/mol. The molecule has 0 aromatic heterocycles. The molecule has 0 saturated carbocycles. The maximum atomic E-state index is 11.8. The smallest absolute Gasteiger partial charge is 0.322 e. The highest BCUT2D eigenvalue weighted by molar-refractivity contribution is 5.94. The van der Waals surface area contributed by atoms with Gasteiger partial charge in [-0.05, 0) is 31.3 Å². The van der Waals surface area contributed by atoms with E-state index in [9.17, 15) is 4.79 Å². The summed E-state index contributed by atoms with van der Waals surface area (Å²) in [5, 5.41) is 5.98. The predicted molar refractivity (Wildman–Crippen MR) is 66.6 cm³/mol. The number of likely N-dealkylation sites (N-methyl/N-ethyl adjacent to an activating group) is 1. The van der Waals surface area contributed by atoms with E-state index in [1.54, 1.807) is 12.0 Å². The molecule has 5 nitrogen and oxygen atoms in total. The Morgan fingerprint density at radius 2 is 2.18 bits per heavy atom. The average Bonchev–Trinajstić information content (AvgIpc) is 2.71. The van der Waals surface area contributed by atoms with Crippen LogP contribution >= 0.6 is 0 Å². The second-order valence-electron chi connectivity index (χ2n) is 4.01. The van der Waals surface area contributed by atoms with Gasteiger partial charge in [0.1, 0.15) is 5.75 Å². The van der Waals surface area contributed by atoms with Gasteiger partial charge in [-0.2, -0.15) is 0 Å².